The highest BCUT2D eigenvalue weighted by atomic mass is 16.3. The van der Waals surface area contributed by atoms with Gasteiger partial charge in [0.25, 0.3) is 11.5 Å². The number of aromatic nitrogens is 2. The van der Waals surface area contributed by atoms with Crippen molar-refractivity contribution in [2.24, 2.45) is 10.5 Å². The first-order valence-corrected chi connectivity index (χ1v) is 11.6. The number of carbonyl (C=O) groups is 2. The largest absolute Gasteiger partial charge is 0.506 e. The van der Waals surface area contributed by atoms with Crippen molar-refractivity contribution in [3.05, 3.63) is 38.5 Å². The number of carbonyl (C=O) groups excluding carboxylic acids is 2. The van der Waals surface area contributed by atoms with Gasteiger partial charge in [-0.15, -0.1) is 0 Å². The number of nitrogens with zero attached hydrogens (tertiary/aromatic N) is 3. The molecule has 0 aromatic carbocycles. The molecule has 0 saturated carbocycles. The van der Waals surface area contributed by atoms with Crippen LogP contribution < -0.4 is 5.56 Å². The Kier molecular flexibility index (Phi) is 5.52. The van der Waals surface area contributed by atoms with Gasteiger partial charge in [0.05, 0.1) is 44.8 Å². The van der Waals surface area contributed by atoms with E-state index in [-0.39, 0.29) is 33.6 Å². The lowest BCUT2D eigenvalue weighted by Gasteiger charge is -2.29. The number of rotatable bonds is 1. The van der Waals surface area contributed by atoms with E-state index in [9.17, 15) is 19.5 Å². The first-order chi connectivity index (χ1) is 15.1. The number of aliphatic hydroxyl groups excluding tert-OH is 1. The zero-order valence-electron chi connectivity index (χ0n) is 22.5. The highest BCUT2D eigenvalue weighted by Crippen LogP contribution is 2.44. The highest BCUT2D eigenvalue weighted by Gasteiger charge is 2.49. The van der Waals surface area contributed by atoms with Crippen LogP contribution in [-0.4, -0.2) is 42.8 Å². The van der Waals surface area contributed by atoms with Crippen LogP contribution in [0.5, 0.6) is 0 Å². The van der Waals surface area contributed by atoms with E-state index < -0.39 is 33.6 Å². The molecule has 186 valence electrons. The van der Waals surface area contributed by atoms with E-state index in [4.69, 9.17) is 0 Å². The number of Topliss-reactive ketones (excluding diaryl/α,β-unsaturated/α-hetero) is 1. The first-order valence-electron chi connectivity index (χ1n) is 11.6. The molecule has 0 spiro atoms. The SMILES string of the molecule is CC(C)(C)C1=NN(C(C)(C)C)C(=O)C1=C1C(=O)C(c2c(C(C)(C)C)[nH]n(C(C)(C)C)c2=O)=C1O. The summed E-state index contributed by atoms with van der Waals surface area (Å²) in [4.78, 5) is 40.4. The second kappa shape index (κ2) is 7.30. The zero-order valence-corrected chi connectivity index (χ0v) is 22.5. The first kappa shape index (κ1) is 25.7. The number of aromatic amines is 1. The molecule has 1 aliphatic heterocycles. The van der Waals surface area contributed by atoms with Crippen LogP contribution in [0.2, 0.25) is 0 Å². The average Bonchev–Trinajstić information content (AvgIpc) is 3.13. The van der Waals surface area contributed by atoms with Crippen LogP contribution in [0.15, 0.2) is 26.8 Å². The Morgan fingerprint density at radius 2 is 1.26 bits per heavy atom. The van der Waals surface area contributed by atoms with E-state index in [1.807, 2.05) is 83.1 Å². The molecule has 1 aromatic heterocycles. The molecule has 0 radical (unpaired) electrons. The number of hydrogen-bond acceptors (Lipinski definition) is 5. The van der Waals surface area contributed by atoms with E-state index >= 15 is 0 Å². The molecule has 0 fully saturated rings. The predicted molar refractivity (Wildman–Crippen MR) is 134 cm³/mol. The van der Waals surface area contributed by atoms with Crippen LogP contribution in [0.3, 0.4) is 0 Å². The van der Waals surface area contributed by atoms with Crippen LogP contribution >= 0.6 is 0 Å². The molecule has 2 aliphatic rings. The van der Waals surface area contributed by atoms with E-state index in [1.54, 1.807) is 0 Å². The van der Waals surface area contributed by atoms with Gasteiger partial charge in [-0.3, -0.25) is 19.5 Å². The van der Waals surface area contributed by atoms with Crippen molar-refractivity contribution in [3.8, 4) is 0 Å². The molecule has 0 atom stereocenters. The van der Waals surface area contributed by atoms with Crippen LogP contribution in [0.1, 0.15) is 94.3 Å². The van der Waals surface area contributed by atoms with Crippen molar-refractivity contribution in [1.29, 1.82) is 0 Å². The van der Waals surface area contributed by atoms with E-state index in [2.05, 4.69) is 10.2 Å². The van der Waals surface area contributed by atoms with Gasteiger partial charge in [0.15, 0.2) is 0 Å². The summed E-state index contributed by atoms with van der Waals surface area (Å²) in [5.41, 5.74) is -1.43. The summed E-state index contributed by atoms with van der Waals surface area (Å²) in [6, 6.07) is 0. The molecule has 8 heteroatoms. The number of ketones is 1. The third-order valence-electron chi connectivity index (χ3n) is 5.93. The van der Waals surface area contributed by atoms with E-state index in [1.165, 1.54) is 9.69 Å². The Morgan fingerprint density at radius 1 is 0.735 bits per heavy atom. The van der Waals surface area contributed by atoms with Crippen molar-refractivity contribution in [2.45, 2.75) is 99.6 Å². The second-order valence-corrected chi connectivity index (χ2v) is 13.2. The van der Waals surface area contributed by atoms with Gasteiger partial charge in [0.1, 0.15) is 5.76 Å². The topological polar surface area (TPSA) is 108 Å². The van der Waals surface area contributed by atoms with Gasteiger partial charge in [0.2, 0.25) is 5.78 Å². The lowest BCUT2D eigenvalue weighted by Crippen LogP contribution is -2.40. The second-order valence-electron chi connectivity index (χ2n) is 13.2. The number of allylic oxidation sites excluding steroid dienone is 2. The van der Waals surface area contributed by atoms with Gasteiger partial charge in [-0.05, 0) is 41.5 Å². The Bertz CT molecular complexity index is 1240. The normalized spacial score (nSPS) is 20.4. The fraction of sp³-hybridized carbons (Fsp3) is 0.615. The van der Waals surface area contributed by atoms with Gasteiger partial charge < -0.3 is 5.11 Å². The minimum absolute atomic E-state index is 0.0491. The lowest BCUT2D eigenvalue weighted by atomic mass is 9.74. The predicted octanol–water partition coefficient (Wildman–Crippen LogP) is 4.42. The number of H-pyrrole nitrogens is 1. The molecular weight excluding hydrogens is 432 g/mol. The third-order valence-corrected chi connectivity index (χ3v) is 5.93. The average molecular weight is 471 g/mol. The van der Waals surface area contributed by atoms with Crippen LogP contribution in [-0.2, 0) is 20.5 Å². The Balaban J connectivity index is 2.33. The number of nitrogens with one attached hydrogen (secondary N) is 1. The molecule has 8 nitrogen and oxygen atoms in total. The van der Waals surface area contributed by atoms with E-state index in [0.29, 0.717) is 11.4 Å². The number of hydrogen-bond donors (Lipinski definition) is 2. The van der Waals surface area contributed by atoms with Crippen molar-refractivity contribution in [3.63, 3.8) is 0 Å². The fourth-order valence-corrected chi connectivity index (χ4v) is 4.16. The summed E-state index contributed by atoms with van der Waals surface area (Å²) in [6.45, 7) is 22.7. The number of aliphatic hydroxyl groups is 1. The third kappa shape index (κ3) is 3.87. The maximum atomic E-state index is 13.6. The summed E-state index contributed by atoms with van der Waals surface area (Å²) in [5.74, 6) is -1.27. The fourth-order valence-electron chi connectivity index (χ4n) is 4.16. The molecule has 1 amide bonds. The molecule has 0 bridgehead atoms. The Hall–Kier alpha value is -2.90. The minimum atomic E-state index is -0.606. The zero-order chi connectivity index (χ0) is 26.3. The van der Waals surface area contributed by atoms with Crippen molar-refractivity contribution in [2.75, 3.05) is 0 Å². The summed E-state index contributed by atoms with van der Waals surface area (Å²) in [6.07, 6.45) is 0. The van der Waals surface area contributed by atoms with Crippen LogP contribution in [0, 0.1) is 5.41 Å². The Labute approximate surface area is 201 Å². The molecule has 3 rings (SSSR count). The number of amides is 1. The molecule has 1 aliphatic carbocycles. The Morgan fingerprint density at radius 3 is 1.65 bits per heavy atom. The molecular formula is C26H38N4O4. The molecule has 0 saturated heterocycles. The van der Waals surface area contributed by atoms with Crippen LogP contribution in [0.25, 0.3) is 5.57 Å². The number of hydrazone groups is 1. The summed E-state index contributed by atoms with van der Waals surface area (Å²) in [5, 5.41) is 20.3. The van der Waals surface area contributed by atoms with Gasteiger partial charge in [-0.1, -0.05) is 41.5 Å². The molecule has 0 unspecified atom stereocenters. The van der Waals surface area contributed by atoms with Crippen molar-refractivity contribution >= 4 is 23.0 Å². The van der Waals surface area contributed by atoms with Gasteiger partial charge in [-0.2, -0.15) is 5.10 Å². The van der Waals surface area contributed by atoms with E-state index in [0.717, 1.165) is 0 Å². The van der Waals surface area contributed by atoms with Gasteiger partial charge in [0, 0.05) is 10.8 Å². The minimum Gasteiger partial charge on any atom is -0.506 e. The van der Waals surface area contributed by atoms with Gasteiger partial charge >= 0.3 is 0 Å². The lowest BCUT2D eigenvalue weighted by molar-refractivity contribution is -0.130. The molecule has 2 heterocycles. The quantitative estimate of drug-likeness (QED) is 0.592. The van der Waals surface area contributed by atoms with Crippen molar-refractivity contribution < 1.29 is 14.7 Å². The standard InChI is InChI=1S/C26H38N4O4/c1-23(2,3)19-15(21(33)29(27-19)25(7,8)9)13-17(31)14(18(13)32)16-20(24(4,5)6)28-30(22(16)34)26(10,11)12/h27,31H,1-12H3. The maximum absolute atomic E-state index is 13.6. The summed E-state index contributed by atoms with van der Waals surface area (Å²) >= 11 is 0. The smallest absolute Gasteiger partial charge is 0.277 e. The maximum Gasteiger partial charge on any atom is 0.277 e. The summed E-state index contributed by atoms with van der Waals surface area (Å²) in [7, 11) is 0. The molecule has 2 N–H and O–H groups in total. The van der Waals surface area contributed by atoms with Crippen LogP contribution in [0.4, 0.5) is 0 Å². The van der Waals surface area contributed by atoms with Crippen molar-refractivity contribution in [1.82, 2.24) is 14.8 Å². The molecule has 34 heavy (non-hydrogen) atoms. The highest BCUT2D eigenvalue weighted by molar-refractivity contribution is 6.44. The monoisotopic (exact) mass is 470 g/mol. The summed E-state index contributed by atoms with van der Waals surface area (Å²) < 4.78 is 1.48. The molecule has 1 aromatic rings. The van der Waals surface area contributed by atoms with Gasteiger partial charge in [-0.25, -0.2) is 9.69 Å².